The number of halogens is 2. The zero-order chi connectivity index (χ0) is 22.7. The average Bonchev–Trinajstić information content (AvgIpc) is 2.29. The van der Waals surface area contributed by atoms with E-state index in [2.05, 4.69) is 89.2 Å². The number of hydrogen-bond acceptors (Lipinski definition) is 1. The zero-order valence-electron chi connectivity index (χ0n) is 20.7. The summed E-state index contributed by atoms with van der Waals surface area (Å²) < 4.78 is 0. The molecule has 0 bridgehead atoms. The second-order valence-electron chi connectivity index (χ2n) is 12.2. The van der Waals surface area contributed by atoms with Crippen molar-refractivity contribution in [2.24, 2.45) is 0 Å². The van der Waals surface area contributed by atoms with Crippen LogP contribution in [-0.4, -0.2) is 29.6 Å². The van der Waals surface area contributed by atoms with E-state index in [1.165, 1.54) is 10.9 Å². The van der Waals surface area contributed by atoms with Crippen molar-refractivity contribution in [3.63, 3.8) is 0 Å². The molecule has 0 unspecified atom stereocenters. The average molecular weight is 447 g/mol. The third-order valence-corrected chi connectivity index (χ3v) is 13.5. The monoisotopic (exact) mass is 446 g/mol. The van der Waals surface area contributed by atoms with Crippen LogP contribution in [-0.2, 0) is 5.41 Å². The van der Waals surface area contributed by atoms with Gasteiger partial charge in [0.2, 0.25) is 0 Å². The zero-order valence-corrected chi connectivity index (χ0v) is 23.1. The maximum absolute atomic E-state index is 7.15. The molecule has 0 aliphatic heterocycles. The van der Waals surface area contributed by atoms with Crippen molar-refractivity contribution in [2.75, 3.05) is 19.0 Å². The Kier molecular flexibility index (Phi) is 7.09. The molecule has 162 valence electrons. The van der Waals surface area contributed by atoms with Crippen LogP contribution in [0.5, 0.6) is 0 Å². The first kappa shape index (κ1) is 26.1. The third-order valence-electron chi connectivity index (χ3n) is 5.75. The molecule has 0 amide bonds. The van der Waals surface area contributed by atoms with Crippen molar-refractivity contribution >= 4 is 41.5 Å². The Morgan fingerprint density at radius 3 is 1.32 bits per heavy atom. The number of benzene rings is 1. The van der Waals surface area contributed by atoms with E-state index in [1.54, 1.807) is 0 Å². The highest BCUT2D eigenvalue weighted by Gasteiger charge is 2.67. The summed E-state index contributed by atoms with van der Waals surface area (Å²) in [4.78, 5) is 2.04. The minimum absolute atomic E-state index is 0.0885. The largest absolute Gasteiger partial charge is 0.375 e. The van der Waals surface area contributed by atoms with Crippen LogP contribution >= 0.6 is 30.5 Å². The fraction of sp³-hybridized carbons (Fsp3) is 0.750. The van der Waals surface area contributed by atoms with Gasteiger partial charge in [0.05, 0.1) is 38.5 Å². The first-order valence-electron chi connectivity index (χ1n) is 10.2. The molecule has 0 radical (unpaired) electrons. The molecule has 0 atom stereocenters. The summed E-state index contributed by atoms with van der Waals surface area (Å²) in [5, 5.41) is 3.23. The topological polar surface area (TPSA) is 3.24 Å². The quantitative estimate of drug-likeness (QED) is 0.412. The lowest BCUT2D eigenvalue weighted by Gasteiger charge is -2.55. The molecule has 0 saturated heterocycles. The number of rotatable bonds is 2. The summed E-state index contributed by atoms with van der Waals surface area (Å²) in [6.07, 6.45) is 0. The van der Waals surface area contributed by atoms with Crippen molar-refractivity contribution in [3.8, 4) is 0 Å². The molecule has 0 N–H and O–H groups in total. The molecule has 1 rings (SSSR count). The van der Waals surface area contributed by atoms with E-state index in [0.717, 1.165) is 15.7 Å². The minimum Gasteiger partial charge on any atom is -0.375 e. The maximum atomic E-state index is 7.15. The van der Waals surface area contributed by atoms with Crippen LogP contribution in [0.1, 0.15) is 88.6 Å². The Bertz CT molecular complexity index is 687. The molecule has 28 heavy (non-hydrogen) atoms. The molecule has 1 nitrogen and oxygen atoms in total. The lowest BCUT2D eigenvalue weighted by molar-refractivity contribution is 0.589. The molecule has 4 heteroatoms. The second kappa shape index (κ2) is 7.62. The van der Waals surface area contributed by atoms with Crippen molar-refractivity contribution in [2.45, 2.75) is 104 Å². The number of anilines is 1. The molecule has 0 saturated carbocycles. The third kappa shape index (κ3) is 4.10. The summed E-state index contributed by atoms with van der Waals surface area (Å²) in [5.41, 5.74) is 2.09. The highest BCUT2D eigenvalue weighted by atomic mass is 35.5. The lowest BCUT2D eigenvalue weighted by atomic mass is 9.86. The van der Waals surface area contributed by atoms with Crippen molar-refractivity contribution < 1.29 is 0 Å². The first-order chi connectivity index (χ1) is 12.1. The Balaban J connectivity index is 4.41. The van der Waals surface area contributed by atoms with Gasteiger partial charge in [-0.2, -0.15) is 0 Å². The van der Waals surface area contributed by atoms with Crippen LogP contribution in [0, 0.1) is 0 Å². The molecule has 0 fully saturated rings. The van der Waals surface area contributed by atoms with Crippen molar-refractivity contribution in [1.82, 2.24) is 0 Å². The molecule has 1 aromatic carbocycles. The first-order valence-corrected chi connectivity index (χ1v) is 12.8. The van der Waals surface area contributed by atoms with E-state index < -0.39 is 7.26 Å². The van der Waals surface area contributed by atoms with Gasteiger partial charge in [-0.15, -0.1) is 0 Å². The van der Waals surface area contributed by atoms with Gasteiger partial charge >= 0.3 is 0 Å². The molecule has 1 aromatic rings. The van der Waals surface area contributed by atoms with Crippen LogP contribution < -0.4 is 10.2 Å². The lowest BCUT2D eigenvalue weighted by Crippen LogP contribution is -2.51. The predicted molar refractivity (Wildman–Crippen MR) is 135 cm³/mol. The van der Waals surface area contributed by atoms with Gasteiger partial charge < -0.3 is 4.90 Å². The summed E-state index contributed by atoms with van der Waals surface area (Å²) in [6.45, 7) is 28.5. The van der Waals surface area contributed by atoms with E-state index in [1.807, 2.05) is 19.0 Å². The Morgan fingerprint density at radius 1 is 0.714 bits per heavy atom. The summed E-state index contributed by atoms with van der Waals surface area (Å²) in [6, 6.07) is 2.26. The summed E-state index contributed by atoms with van der Waals surface area (Å²) in [7, 11) is 2.20. The van der Waals surface area contributed by atoms with Crippen LogP contribution in [0.4, 0.5) is 5.69 Å². The molecule has 0 aromatic heterocycles. The van der Waals surface area contributed by atoms with Gasteiger partial charge in [-0.3, -0.25) is 0 Å². The highest BCUT2D eigenvalue weighted by Crippen LogP contribution is 2.83. The van der Waals surface area contributed by atoms with Crippen LogP contribution in [0.3, 0.4) is 0 Å². The number of nitrogens with zero attached hydrogens (tertiary/aromatic N) is 1. The van der Waals surface area contributed by atoms with E-state index in [4.69, 9.17) is 23.2 Å². The summed E-state index contributed by atoms with van der Waals surface area (Å²) >= 11 is 14.0. The highest BCUT2D eigenvalue weighted by molar-refractivity contribution is 7.86. The van der Waals surface area contributed by atoms with Crippen molar-refractivity contribution in [3.05, 3.63) is 21.7 Å². The van der Waals surface area contributed by atoms with E-state index >= 15 is 0 Å². The van der Waals surface area contributed by atoms with E-state index in [0.29, 0.717) is 0 Å². The predicted octanol–water partition coefficient (Wildman–Crippen LogP) is 8.40. The summed E-state index contributed by atoms with van der Waals surface area (Å²) in [5.74, 6) is 0. The second-order valence-corrected chi connectivity index (χ2v) is 18.9. The van der Waals surface area contributed by atoms with Gasteiger partial charge in [0.1, 0.15) is 5.30 Å². The van der Waals surface area contributed by atoms with Gasteiger partial charge in [0, 0.05) is 25.7 Å². The van der Waals surface area contributed by atoms with Gasteiger partial charge in [0.15, 0.2) is 0 Å². The van der Waals surface area contributed by atoms with Gasteiger partial charge in [0.25, 0.3) is 0 Å². The van der Waals surface area contributed by atoms with Crippen LogP contribution in [0.2, 0.25) is 10.0 Å². The van der Waals surface area contributed by atoms with Gasteiger partial charge in [-0.25, -0.2) is 0 Å². The Morgan fingerprint density at radius 2 is 1.07 bits per heavy atom. The SMILES string of the molecule is CN(C)c1c(Cl)cc([P+](C(C)(C)C)(C(C)(C)C)C(C)(C)C)c(C(C)(C)C)c1Cl. The van der Waals surface area contributed by atoms with E-state index in [-0.39, 0.29) is 20.9 Å². The van der Waals surface area contributed by atoms with Crippen molar-refractivity contribution in [1.29, 1.82) is 0 Å². The van der Waals surface area contributed by atoms with Gasteiger partial charge in [-0.1, -0.05) is 44.0 Å². The molecular weight excluding hydrogens is 404 g/mol. The fourth-order valence-corrected chi connectivity index (χ4v) is 16.6. The minimum atomic E-state index is -1.83. The van der Waals surface area contributed by atoms with E-state index in [9.17, 15) is 0 Å². The molecule has 0 aliphatic rings. The van der Waals surface area contributed by atoms with Crippen LogP contribution in [0.25, 0.3) is 0 Å². The Hall–Kier alpha value is 0.0300. The number of hydrogen-bond donors (Lipinski definition) is 0. The van der Waals surface area contributed by atoms with Crippen LogP contribution in [0.15, 0.2) is 6.07 Å². The standard InChI is InChI=1S/C24H43Cl2NP/c1-21(2,3)18-17(15-16(25)20(19(18)26)27(13)14)28(22(4,5)6,23(7,8)9)24(10,11)12/h15H,1-14H3/q+1. The van der Waals surface area contributed by atoms with Gasteiger partial charge in [-0.05, 0) is 67.7 Å². The normalized spacial score (nSPS) is 14.4. The molecule has 0 spiro atoms. The fourth-order valence-electron chi connectivity index (χ4n) is 6.09. The Labute approximate surface area is 185 Å². The molecule has 0 aliphatic carbocycles. The smallest absolute Gasteiger partial charge is 0.102 e. The molecular formula is C24H43Cl2NP+. The maximum Gasteiger partial charge on any atom is 0.102 e. The molecule has 0 heterocycles.